The highest BCUT2D eigenvalue weighted by Gasteiger charge is 2.21. The number of anilines is 3. The summed E-state index contributed by atoms with van der Waals surface area (Å²) >= 11 is 0. The number of nitrogens with zero attached hydrogens (tertiary/aromatic N) is 7. The Balaban J connectivity index is 1.41. The first kappa shape index (κ1) is 20.1. The van der Waals surface area contributed by atoms with Crippen LogP contribution >= 0.6 is 0 Å². The molecule has 31 heavy (non-hydrogen) atoms. The molecule has 1 saturated heterocycles. The van der Waals surface area contributed by atoms with Crippen molar-refractivity contribution < 1.29 is 4.74 Å². The average Bonchev–Trinajstić information content (AvgIpc) is 3.25. The standard InChI is InChI=1S/C21H29N9O/c1-2-4-16(5-3-1)30-15-25-18-19(23-8-9-29-10-12-31-13-11-29)27-21(28-20(18)30)26-17-6-7-22-14-24-17/h6-7,14-16H,1-5,8-13H2,(H2,22,23,24,26,27,28). The lowest BCUT2D eigenvalue weighted by Gasteiger charge is -2.26. The second-order valence-corrected chi connectivity index (χ2v) is 8.11. The highest BCUT2D eigenvalue weighted by atomic mass is 16.5. The minimum atomic E-state index is 0.446. The lowest BCUT2D eigenvalue weighted by molar-refractivity contribution is 0.0398. The number of rotatable bonds is 7. The summed E-state index contributed by atoms with van der Waals surface area (Å²) in [5.41, 5.74) is 1.69. The van der Waals surface area contributed by atoms with E-state index in [1.807, 2.05) is 6.33 Å². The number of morpholine rings is 1. The fourth-order valence-corrected chi connectivity index (χ4v) is 4.36. The van der Waals surface area contributed by atoms with Gasteiger partial charge in [0.15, 0.2) is 17.0 Å². The summed E-state index contributed by atoms with van der Waals surface area (Å²) in [6, 6.07) is 2.25. The Morgan fingerprint density at radius 2 is 1.94 bits per heavy atom. The highest BCUT2D eigenvalue weighted by molar-refractivity contribution is 5.84. The molecule has 0 atom stereocenters. The average molecular weight is 424 g/mol. The van der Waals surface area contributed by atoms with Gasteiger partial charge in [0, 0.05) is 38.4 Å². The lowest BCUT2D eigenvalue weighted by Crippen LogP contribution is -2.39. The van der Waals surface area contributed by atoms with Crippen molar-refractivity contribution in [3.63, 3.8) is 0 Å². The molecule has 3 aromatic heterocycles. The number of ether oxygens (including phenoxy) is 1. The van der Waals surface area contributed by atoms with Crippen molar-refractivity contribution in [2.24, 2.45) is 0 Å². The van der Waals surface area contributed by atoms with Gasteiger partial charge in [-0.05, 0) is 18.9 Å². The Bertz CT molecular complexity index is 981. The second kappa shape index (κ2) is 9.52. The molecule has 0 aromatic carbocycles. The van der Waals surface area contributed by atoms with E-state index in [0.717, 1.165) is 56.4 Å². The second-order valence-electron chi connectivity index (χ2n) is 8.11. The monoisotopic (exact) mass is 423 g/mol. The smallest absolute Gasteiger partial charge is 0.232 e. The van der Waals surface area contributed by atoms with Crippen molar-refractivity contribution >= 4 is 28.7 Å². The number of hydrogen-bond donors (Lipinski definition) is 2. The van der Waals surface area contributed by atoms with E-state index in [1.165, 1.54) is 38.4 Å². The van der Waals surface area contributed by atoms with Crippen molar-refractivity contribution in [2.45, 2.75) is 38.1 Å². The third-order valence-electron chi connectivity index (χ3n) is 6.04. The van der Waals surface area contributed by atoms with Crippen LogP contribution in [0.2, 0.25) is 0 Å². The van der Waals surface area contributed by atoms with Gasteiger partial charge < -0.3 is 19.9 Å². The molecular formula is C21H29N9O. The molecule has 5 rings (SSSR count). The summed E-state index contributed by atoms with van der Waals surface area (Å²) in [6.45, 7) is 5.27. The molecule has 0 spiro atoms. The van der Waals surface area contributed by atoms with E-state index in [4.69, 9.17) is 19.7 Å². The molecule has 2 aliphatic rings. The minimum Gasteiger partial charge on any atom is -0.379 e. The minimum absolute atomic E-state index is 0.446. The molecule has 2 fully saturated rings. The normalized spacial score (nSPS) is 18.3. The molecule has 10 heteroatoms. The topological polar surface area (TPSA) is 106 Å². The van der Waals surface area contributed by atoms with Crippen molar-refractivity contribution in [1.82, 2.24) is 34.4 Å². The number of nitrogens with one attached hydrogen (secondary N) is 2. The van der Waals surface area contributed by atoms with Crippen LogP contribution in [0.4, 0.5) is 17.6 Å². The molecule has 1 saturated carbocycles. The lowest BCUT2D eigenvalue weighted by atomic mass is 9.95. The Kier molecular flexibility index (Phi) is 6.17. The predicted molar refractivity (Wildman–Crippen MR) is 119 cm³/mol. The molecule has 10 nitrogen and oxygen atoms in total. The molecule has 164 valence electrons. The van der Waals surface area contributed by atoms with Gasteiger partial charge >= 0.3 is 0 Å². The van der Waals surface area contributed by atoms with Gasteiger partial charge in [0.1, 0.15) is 12.1 Å². The molecule has 3 aromatic rings. The van der Waals surface area contributed by atoms with Gasteiger partial charge in [-0.25, -0.2) is 15.0 Å². The number of hydrogen-bond acceptors (Lipinski definition) is 9. The SMILES string of the molecule is c1cc(Nc2nc(NCCN3CCOCC3)c3ncn(C4CCCCC4)c3n2)ncn1. The molecule has 1 aliphatic carbocycles. The van der Waals surface area contributed by atoms with Crippen LogP contribution in [0.1, 0.15) is 38.1 Å². The summed E-state index contributed by atoms with van der Waals surface area (Å²) in [7, 11) is 0. The van der Waals surface area contributed by atoms with Crippen molar-refractivity contribution in [2.75, 3.05) is 50.0 Å². The third kappa shape index (κ3) is 4.75. The van der Waals surface area contributed by atoms with Gasteiger partial charge in [-0.1, -0.05) is 19.3 Å². The van der Waals surface area contributed by atoms with Gasteiger partial charge in [-0.15, -0.1) is 0 Å². The highest BCUT2D eigenvalue weighted by Crippen LogP contribution is 2.32. The number of imidazole rings is 1. The third-order valence-corrected chi connectivity index (χ3v) is 6.04. The van der Waals surface area contributed by atoms with E-state index in [0.29, 0.717) is 17.8 Å². The maximum Gasteiger partial charge on any atom is 0.232 e. The van der Waals surface area contributed by atoms with Gasteiger partial charge in [0.2, 0.25) is 5.95 Å². The van der Waals surface area contributed by atoms with E-state index in [1.54, 1.807) is 12.3 Å². The van der Waals surface area contributed by atoms with E-state index >= 15 is 0 Å². The molecule has 4 heterocycles. The Hall–Kier alpha value is -2.85. The van der Waals surface area contributed by atoms with Gasteiger partial charge in [0.25, 0.3) is 0 Å². The zero-order valence-corrected chi connectivity index (χ0v) is 17.7. The zero-order chi connectivity index (χ0) is 20.9. The molecule has 0 bridgehead atoms. The fraction of sp³-hybridized carbons (Fsp3) is 0.571. The first-order valence-corrected chi connectivity index (χ1v) is 11.2. The zero-order valence-electron chi connectivity index (χ0n) is 17.7. The van der Waals surface area contributed by atoms with Crippen LogP contribution in [-0.2, 0) is 4.74 Å². The fourth-order valence-electron chi connectivity index (χ4n) is 4.36. The van der Waals surface area contributed by atoms with Crippen LogP contribution in [0.3, 0.4) is 0 Å². The maximum absolute atomic E-state index is 5.44. The van der Waals surface area contributed by atoms with E-state index in [9.17, 15) is 0 Å². The van der Waals surface area contributed by atoms with Crippen LogP contribution in [0.15, 0.2) is 24.9 Å². The first-order chi connectivity index (χ1) is 15.4. The van der Waals surface area contributed by atoms with E-state index in [2.05, 4.69) is 30.1 Å². The van der Waals surface area contributed by atoms with Crippen LogP contribution in [-0.4, -0.2) is 73.8 Å². The van der Waals surface area contributed by atoms with E-state index < -0.39 is 0 Å². The Morgan fingerprint density at radius 3 is 2.74 bits per heavy atom. The largest absolute Gasteiger partial charge is 0.379 e. The van der Waals surface area contributed by atoms with Gasteiger partial charge in [-0.3, -0.25) is 4.90 Å². The molecule has 0 radical (unpaired) electrons. The predicted octanol–water partition coefficient (Wildman–Crippen LogP) is 2.61. The van der Waals surface area contributed by atoms with Crippen molar-refractivity contribution in [1.29, 1.82) is 0 Å². The molecule has 0 amide bonds. The number of fused-ring (bicyclic) bond motifs is 1. The first-order valence-electron chi connectivity index (χ1n) is 11.2. The van der Waals surface area contributed by atoms with Crippen LogP contribution in [0.25, 0.3) is 11.2 Å². The summed E-state index contributed by atoms with van der Waals surface area (Å²) in [6.07, 6.45) is 11.3. The van der Waals surface area contributed by atoms with Crippen LogP contribution in [0, 0.1) is 0 Å². The number of aromatic nitrogens is 6. The van der Waals surface area contributed by atoms with Crippen molar-refractivity contribution in [3.8, 4) is 0 Å². The molecule has 0 unspecified atom stereocenters. The summed E-state index contributed by atoms with van der Waals surface area (Å²) < 4.78 is 7.67. The quantitative estimate of drug-likeness (QED) is 0.593. The Morgan fingerprint density at radius 1 is 1.06 bits per heavy atom. The van der Waals surface area contributed by atoms with Gasteiger partial charge in [-0.2, -0.15) is 9.97 Å². The van der Waals surface area contributed by atoms with Crippen LogP contribution in [0.5, 0.6) is 0 Å². The summed E-state index contributed by atoms with van der Waals surface area (Å²) in [4.78, 5) is 24.9. The molecule has 1 aliphatic heterocycles. The van der Waals surface area contributed by atoms with Gasteiger partial charge in [0.05, 0.1) is 19.5 Å². The van der Waals surface area contributed by atoms with E-state index in [-0.39, 0.29) is 0 Å². The summed E-state index contributed by atoms with van der Waals surface area (Å²) in [5.74, 6) is 1.93. The molecule has 2 N–H and O–H groups in total. The maximum atomic E-state index is 5.44. The van der Waals surface area contributed by atoms with Crippen LogP contribution < -0.4 is 10.6 Å². The Labute approximate surface area is 181 Å². The van der Waals surface area contributed by atoms with Crippen molar-refractivity contribution in [3.05, 3.63) is 24.9 Å². The summed E-state index contributed by atoms with van der Waals surface area (Å²) in [5, 5.41) is 6.71. The molecular weight excluding hydrogens is 394 g/mol.